The van der Waals surface area contributed by atoms with Crippen molar-refractivity contribution in [2.75, 3.05) is 13.7 Å². The highest BCUT2D eigenvalue weighted by molar-refractivity contribution is 5.92. The van der Waals surface area contributed by atoms with Crippen molar-refractivity contribution in [3.63, 3.8) is 0 Å². The lowest BCUT2D eigenvalue weighted by atomic mass is 9.48. The summed E-state index contributed by atoms with van der Waals surface area (Å²) >= 11 is 0. The minimum atomic E-state index is -0.905. The van der Waals surface area contributed by atoms with Crippen molar-refractivity contribution < 1.29 is 24.1 Å². The van der Waals surface area contributed by atoms with Crippen LogP contribution in [0.3, 0.4) is 0 Å². The molecule has 4 saturated carbocycles. The predicted octanol–water partition coefficient (Wildman–Crippen LogP) is 6.45. The summed E-state index contributed by atoms with van der Waals surface area (Å²) < 4.78 is 17.3. The van der Waals surface area contributed by atoms with Gasteiger partial charge >= 0.3 is 12.4 Å². The number of hydrogen-bond donors (Lipinski definition) is 1. The zero-order valence-corrected chi connectivity index (χ0v) is 20.7. The first-order valence-electron chi connectivity index (χ1n) is 12.9. The molecule has 6 rings (SSSR count). The minimum Gasteiger partial charge on any atom is -0.478 e. The van der Waals surface area contributed by atoms with Crippen LogP contribution in [0.15, 0.2) is 48.5 Å². The van der Waals surface area contributed by atoms with E-state index in [-0.39, 0.29) is 5.41 Å². The summed E-state index contributed by atoms with van der Waals surface area (Å²) in [6.45, 7) is 1.74. The summed E-state index contributed by atoms with van der Waals surface area (Å²) in [4.78, 5) is 11.5. The van der Waals surface area contributed by atoms with Crippen LogP contribution in [0.4, 0.5) is 0 Å². The zero-order chi connectivity index (χ0) is 24.4. The van der Waals surface area contributed by atoms with Crippen LogP contribution in [0, 0.1) is 17.8 Å². The van der Waals surface area contributed by atoms with Crippen molar-refractivity contribution in [3.8, 4) is 5.75 Å². The Bertz CT molecular complexity index is 1050. The van der Waals surface area contributed by atoms with Crippen molar-refractivity contribution >= 4 is 12.0 Å². The topological polar surface area (TPSA) is 65.0 Å². The first kappa shape index (κ1) is 24.1. The molecule has 0 radical (unpaired) electrons. The van der Waals surface area contributed by atoms with Crippen LogP contribution in [-0.4, -0.2) is 31.3 Å². The van der Waals surface area contributed by atoms with Crippen molar-refractivity contribution in [2.45, 2.75) is 63.8 Å². The number of ether oxygens (including phenoxy) is 3. The number of allylic oxidation sites excluding steroid dienone is 1. The van der Waals surface area contributed by atoms with Crippen LogP contribution in [0.25, 0.3) is 6.08 Å². The van der Waals surface area contributed by atoms with Crippen LogP contribution >= 0.6 is 0 Å². The van der Waals surface area contributed by atoms with Crippen LogP contribution in [0.2, 0.25) is 0 Å². The lowest BCUT2D eigenvalue weighted by molar-refractivity contribution is -0.231. The molecule has 5 nitrogen and oxygen atoms in total. The molecule has 4 fully saturated rings. The third-order valence-electron chi connectivity index (χ3n) is 8.21. The summed E-state index contributed by atoms with van der Waals surface area (Å²) in [7, 11) is 1.61. The normalized spacial score (nSPS) is 27.9. The van der Waals surface area contributed by atoms with Crippen LogP contribution in [-0.2, 0) is 21.3 Å². The van der Waals surface area contributed by atoms with Gasteiger partial charge in [-0.05, 0) is 98.3 Å². The van der Waals surface area contributed by atoms with Crippen LogP contribution in [0.5, 0.6) is 5.75 Å². The molecule has 2 aromatic rings. The quantitative estimate of drug-likeness (QED) is 0.399. The summed E-state index contributed by atoms with van der Waals surface area (Å²) in [5, 5.41) is 9.46. The second-order valence-corrected chi connectivity index (χ2v) is 10.6. The second kappa shape index (κ2) is 10.2. The molecule has 35 heavy (non-hydrogen) atoms. The maximum absolute atomic E-state index is 11.5. The largest absolute Gasteiger partial charge is 0.478 e. The third kappa shape index (κ3) is 5.03. The molecule has 0 spiro atoms. The fourth-order valence-corrected chi connectivity index (χ4v) is 7.21. The van der Waals surface area contributed by atoms with Crippen LogP contribution < -0.4 is 4.74 Å². The van der Waals surface area contributed by atoms with E-state index in [1.54, 1.807) is 19.2 Å². The molecule has 186 valence electrons. The molecule has 0 aromatic heterocycles. The molecule has 1 unspecified atom stereocenters. The summed E-state index contributed by atoms with van der Waals surface area (Å²) in [6, 6.07) is 13.6. The van der Waals surface area contributed by atoms with E-state index in [2.05, 4.69) is 24.3 Å². The number of hydrogen-bond acceptors (Lipinski definition) is 4. The second-order valence-electron chi connectivity index (χ2n) is 10.6. The Labute approximate surface area is 208 Å². The SMILES string of the molecule is CCOC(OC)Oc1ccc(CC=Cc2ccccc2C(=O)O)cc1C12CC3CC(CC(C3)C1)C2. The first-order valence-corrected chi connectivity index (χ1v) is 12.9. The average molecular weight is 477 g/mol. The number of rotatable bonds is 10. The van der Waals surface area contributed by atoms with E-state index in [0.29, 0.717) is 12.2 Å². The van der Waals surface area contributed by atoms with Gasteiger partial charge in [-0.2, -0.15) is 0 Å². The molecule has 5 heteroatoms. The van der Waals surface area contributed by atoms with E-state index in [1.807, 2.05) is 25.1 Å². The molecule has 4 bridgehead atoms. The van der Waals surface area contributed by atoms with Gasteiger partial charge in [0.1, 0.15) is 5.75 Å². The number of carbonyl (C=O) groups is 1. The Morgan fingerprint density at radius 1 is 1.09 bits per heavy atom. The lowest BCUT2D eigenvalue weighted by Crippen LogP contribution is -2.48. The van der Waals surface area contributed by atoms with E-state index in [4.69, 9.17) is 14.2 Å². The maximum atomic E-state index is 11.5. The molecule has 1 atom stereocenters. The van der Waals surface area contributed by atoms with E-state index in [1.165, 1.54) is 49.7 Å². The van der Waals surface area contributed by atoms with Crippen LogP contribution in [0.1, 0.15) is 72.5 Å². The van der Waals surface area contributed by atoms with Gasteiger partial charge in [-0.15, -0.1) is 0 Å². The Morgan fingerprint density at radius 3 is 2.40 bits per heavy atom. The highest BCUT2D eigenvalue weighted by Crippen LogP contribution is 2.62. The van der Waals surface area contributed by atoms with Gasteiger partial charge in [0, 0.05) is 12.7 Å². The van der Waals surface area contributed by atoms with E-state index >= 15 is 0 Å². The zero-order valence-electron chi connectivity index (χ0n) is 20.7. The average Bonchev–Trinajstić information content (AvgIpc) is 2.84. The predicted molar refractivity (Wildman–Crippen MR) is 135 cm³/mol. The summed E-state index contributed by atoms with van der Waals surface area (Å²) in [5.74, 6) is 2.45. The van der Waals surface area contributed by atoms with Gasteiger partial charge < -0.3 is 19.3 Å². The molecule has 0 amide bonds. The highest BCUT2D eigenvalue weighted by Gasteiger charge is 2.52. The third-order valence-corrected chi connectivity index (χ3v) is 8.21. The van der Waals surface area contributed by atoms with E-state index in [9.17, 15) is 9.90 Å². The molecule has 1 N–H and O–H groups in total. The maximum Gasteiger partial charge on any atom is 0.336 e. The number of methoxy groups -OCH3 is 1. The summed E-state index contributed by atoms with van der Waals surface area (Å²) in [6.07, 6.45) is 12.6. The standard InChI is InChI=1S/C30H36O5/c1-3-34-29(33-2)35-27-12-11-20(7-6-9-24-8-4-5-10-25(24)28(31)32)16-26(27)30-17-21-13-22(18-30)15-23(14-21)19-30/h4-6,8-12,16,21-23,29H,3,7,13-15,17-19H2,1-2H3,(H,31,32). The van der Waals surface area contributed by atoms with Crippen molar-refractivity contribution in [1.82, 2.24) is 0 Å². The van der Waals surface area contributed by atoms with Gasteiger partial charge in [-0.3, -0.25) is 0 Å². The van der Waals surface area contributed by atoms with Gasteiger partial charge in [0.2, 0.25) is 0 Å². The number of carboxylic acid groups (broad SMARTS) is 1. The van der Waals surface area contributed by atoms with Gasteiger partial charge in [-0.25, -0.2) is 4.79 Å². The fourth-order valence-electron chi connectivity index (χ4n) is 7.21. The first-order chi connectivity index (χ1) is 17.0. The molecule has 4 aliphatic carbocycles. The molecule has 2 aromatic carbocycles. The molecular weight excluding hydrogens is 440 g/mol. The van der Waals surface area contributed by atoms with Crippen molar-refractivity contribution in [1.29, 1.82) is 0 Å². The van der Waals surface area contributed by atoms with E-state index in [0.717, 1.165) is 35.5 Å². The monoisotopic (exact) mass is 476 g/mol. The molecule has 0 saturated heterocycles. The van der Waals surface area contributed by atoms with Crippen molar-refractivity contribution in [3.05, 3.63) is 70.8 Å². The molecule has 4 aliphatic rings. The lowest BCUT2D eigenvalue weighted by Gasteiger charge is -2.57. The van der Waals surface area contributed by atoms with Gasteiger partial charge in [-0.1, -0.05) is 42.5 Å². The Kier molecular flexibility index (Phi) is 6.99. The van der Waals surface area contributed by atoms with Gasteiger partial charge in [0.25, 0.3) is 0 Å². The fraction of sp³-hybridized carbons (Fsp3) is 0.500. The van der Waals surface area contributed by atoms with Gasteiger partial charge in [0.05, 0.1) is 12.2 Å². The molecular formula is C30H36O5. The molecule has 0 heterocycles. The number of benzene rings is 2. The summed E-state index contributed by atoms with van der Waals surface area (Å²) in [5.41, 5.74) is 3.72. The highest BCUT2D eigenvalue weighted by atomic mass is 16.8. The van der Waals surface area contributed by atoms with Crippen molar-refractivity contribution in [2.24, 2.45) is 17.8 Å². The molecule has 0 aliphatic heterocycles. The Hall–Kier alpha value is -2.63. The van der Waals surface area contributed by atoms with Gasteiger partial charge in [0.15, 0.2) is 0 Å². The minimum absolute atomic E-state index is 0.171. The number of carboxylic acids is 1. The Morgan fingerprint density at radius 2 is 1.77 bits per heavy atom. The Balaban J connectivity index is 1.44. The smallest absolute Gasteiger partial charge is 0.336 e. The number of aromatic carboxylic acids is 1. The van der Waals surface area contributed by atoms with E-state index < -0.39 is 12.4 Å².